The first-order chi connectivity index (χ1) is 11.6. The Hall–Kier alpha value is -1.38. The molecular weight excluding hydrogens is 470 g/mol. The van der Waals surface area contributed by atoms with Gasteiger partial charge in [-0.1, -0.05) is 37.3 Å². The van der Waals surface area contributed by atoms with Crippen LogP contribution in [0, 0.1) is 20.8 Å². The zero-order valence-corrected chi connectivity index (χ0v) is 16.1. The lowest BCUT2D eigenvalue weighted by Gasteiger charge is -2.12. The van der Waals surface area contributed by atoms with E-state index in [0.717, 1.165) is 18.4 Å². The van der Waals surface area contributed by atoms with Gasteiger partial charge >= 0.3 is 26.7 Å². The maximum atomic E-state index is 10.7. The molecule has 0 amide bonds. The van der Waals surface area contributed by atoms with Crippen molar-refractivity contribution in [3.05, 3.63) is 55.2 Å². The highest BCUT2D eigenvalue weighted by Gasteiger charge is 2.36. The Morgan fingerprint density at radius 3 is 2.32 bits per heavy atom. The number of nitrogens with zero attached hydrogens (tertiary/aromatic N) is 1. The van der Waals surface area contributed by atoms with Gasteiger partial charge in [0.05, 0.1) is 11.6 Å². The fourth-order valence-electron chi connectivity index (χ4n) is 1.93. The van der Waals surface area contributed by atoms with E-state index in [-0.39, 0.29) is 21.2 Å². The molecule has 9 heteroatoms. The maximum Gasteiger partial charge on any atom is 0.485 e. The molecule has 0 bridgehead atoms. The Kier molecular flexibility index (Phi) is 8.11. The van der Waals surface area contributed by atoms with Gasteiger partial charge < -0.3 is 4.55 Å². The summed E-state index contributed by atoms with van der Waals surface area (Å²) in [7, 11) is -6.09. The average molecular weight is 485 g/mol. The van der Waals surface area contributed by atoms with Gasteiger partial charge in [0.2, 0.25) is 0 Å². The topological polar surface area (TPSA) is 81.0 Å². The lowest BCUT2D eigenvalue weighted by atomic mass is 9.92. The summed E-state index contributed by atoms with van der Waals surface area (Å²) in [5, 5.41) is 9.32. The number of nitriles is 1. The van der Waals surface area contributed by atoms with Gasteiger partial charge in [-0.3, -0.25) is 0 Å². The van der Waals surface area contributed by atoms with Crippen LogP contribution in [0.25, 0.3) is 0 Å². The van der Waals surface area contributed by atoms with Crippen molar-refractivity contribution in [2.45, 2.75) is 25.3 Å². The van der Waals surface area contributed by atoms with E-state index in [9.17, 15) is 18.4 Å². The molecule has 1 aromatic carbocycles. The molecule has 1 unspecified atom stereocenters. The summed E-state index contributed by atoms with van der Waals surface area (Å²) in [5.41, 5.74) is -4.61. The van der Waals surface area contributed by atoms with Gasteiger partial charge in [0.25, 0.3) is 0 Å². The van der Waals surface area contributed by atoms with Crippen LogP contribution in [-0.4, -0.2) is 18.5 Å². The number of alkyl halides is 3. The first-order valence-electron chi connectivity index (χ1n) is 7.12. The first-order valence-corrected chi connectivity index (χ1v) is 10.7. The summed E-state index contributed by atoms with van der Waals surface area (Å²) in [6, 6.07) is 13.0. The van der Waals surface area contributed by atoms with Crippen LogP contribution in [0.2, 0.25) is 0 Å². The van der Waals surface area contributed by atoms with Crippen molar-refractivity contribution in [2.24, 2.45) is 5.92 Å². The zero-order valence-electron chi connectivity index (χ0n) is 13.1. The minimum Gasteiger partial charge on any atom is -0.741 e. The molecule has 1 aromatic rings. The van der Waals surface area contributed by atoms with Crippen molar-refractivity contribution in [2.75, 3.05) is 0 Å². The molecule has 0 aliphatic heterocycles. The number of hydrogen-bond donors (Lipinski definition) is 0. The van der Waals surface area contributed by atoms with Gasteiger partial charge in [-0.2, -0.15) is 18.4 Å². The number of allylic oxidation sites excluding steroid dienone is 4. The van der Waals surface area contributed by atoms with E-state index in [2.05, 4.69) is 49.4 Å². The van der Waals surface area contributed by atoms with Crippen LogP contribution in [0.4, 0.5) is 13.2 Å². The molecule has 1 atom stereocenters. The second-order valence-corrected chi connectivity index (χ2v) is 9.33. The molecule has 0 aromatic heterocycles. The van der Waals surface area contributed by atoms with Crippen LogP contribution in [0.3, 0.4) is 0 Å². The molecule has 0 N–H and O–H groups in total. The standard InChI is InChI=1S/C15H15IN.CHF3O3S/c1-2-12-7-6-10-15(14(12)11-17)16-13-8-4-3-5-9-13;2-1(3,4)8(5,6)7/h3-9,12H,2,10H2,1H3;(H,5,6,7)/q+1;/p-1. The molecule has 4 nitrogen and oxygen atoms in total. The molecule has 2 rings (SSSR count). The van der Waals surface area contributed by atoms with E-state index in [1.807, 2.05) is 6.07 Å². The Morgan fingerprint density at radius 1 is 1.32 bits per heavy atom. The number of halogens is 4. The molecule has 0 radical (unpaired) electrons. The van der Waals surface area contributed by atoms with E-state index in [1.54, 1.807) is 0 Å². The van der Waals surface area contributed by atoms with E-state index in [0.29, 0.717) is 5.92 Å². The van der Waals surface area contributed by atoms with Gasteiger partial charge in [0.1, 0.15) is 0 Å². The van der Waals surface area contributed by atoms with E-state index < -0.39 is 15.6 Å². The highest BCUT2D eigenvalue weighted by atomic mass is 127. The summed E-state index contributed by atoms with van der Waals surface area (Å²) < 4.78 is 61.7. The van der Waals surface area contributed by atoms with Crippen LogP contribution in [0.5, 0.6) is 0 Å². The average Bonchev–Trinajstić information content (AvgIpc) is 2.54. The lowest BCUT2D eigenvalue weighted by molar-refractivity contribution is -0.579. The second kappa shape index (κ2) is 9.35. The Morgan fingerprint density at radius 2 is 1.88 bits per heavy atom. The third-order valence-corrected chi connectivity index (χ3v) is 6.71. The SMILES string of the molecule is CCC1C=CCC([I+]c2ccccc2)=C1C#N.O=S(=O)([O-])C(F)(F)F. The van der Waals surface area contributed by atoms with Gasteiger partial charge in [-0.15, -0.1) is 0 Å². The first kappa shape index (κ1) is 21.7. The quantitative estimate of drug-likeness (QED) is 0.274. The van der Waals surface area contributed by atoms with Gasteiger partial charge in [-0.25, -0.2) is 8.42 Å². The highest BCUT2D eigenvalue weighted by molar-refractivity contribution is 7.86. The summed E-state index contributed by atoms with van der Waals surface area (Å²) in [5.74, 6) is 0.354. The molecule has 0 saturated heterocycles. The number of benzene rings is 1. The van der Waals surface area contributed by atoms with Crippen LogP contribution in [-0.2, 0) is 10.1 Å². The van der Waals surface area contributed by atoms with Crippen LogP contribution in [0.15, 0.2) is 51.6 Å². The number of rotatable bonds is 3. The van der Waals surface area contributed by atoms with Crippen LogP contribution in [0.1, 0.15) is 19.8 Å². The van der Waals surface area contributed by atoms with Crippen LogP contribution >= 0.6 is 0 Å². The highest BCUT2D eigenvalue weighted by Crippen LogP contribution is 2.23. The van der Waals surface area contributed by atoms with Crippen molar-refractivity contribution in [1.29, 1.82) is 5.26 Å². The monoisotopic (exact) mass is 485 g/mol. The fourth-order valence-corrected chi connectivity index (χ4v) is 4.74. The number of hydrogen-bond acceptors (Lipinski definition) is 4. The van der Waals surface area contributed by atoms with Crippen molar-refractivity contribution in [3.8, 4) is 6.07 Å². The summed E-state index contributed by atoms with van der Waals surface area (Å²) in [6.07, 6.45) is 6.42. The second-order valence-electron chi connectivity index (χ2n) is 4.87. The van der Waals surface area contributed by atoms with Gasteiger partial charge in [0.15, 0.2) is 17.3 Å². The Labute approximate surface area is 155 Å². The predicted molar refractivity (Wildman–Crippen MR) is 81.1 cm³/mol. The van der Waals surface area contributed by atoms with Crippen molar-refractivity contribution in [1.82, 2.24) is 0 Å². The molecule has 0 spiro atoms. The predicted octanol–water partition coefficient (Wildman–Crippen LogP) is 0.760. The largest absolute Gasteiger partial charge is 0.741 e. The maximum absolute atomic E-state index is 10.7. The molecule has 0 heterocycles. The van der Waals surface area contributed by atoms with Crippen LogP contribution < -0.4 is 21.2 Å². The normalized spacial score (nSPS) is 17.5. The van der Waals surface area contributed by atoms with Crippen molar-refractivity contribution in [3.63, 3.8) is 0 Å². The summed E-state index contributed by atoms with van der Waals surface area (Å²) >= 11 is -0.168. The zero-order chi connectivity index (χ0) is 19.1. The van der Waals surface area contributed by atoms with Crippen molar-refractivity contribution < 1.29 is 47.3 Å². The van der Waals surface area contributed by atoms with Gasteiger partial charge in [0, 0.05) is 12.3 Å². The van der Waals surface area contributed by atoms with E-state index >= 15 is 0 Å². The third kappa shape index (κ3) is 6.80. The molecule has 136 valence electrons. The van der Waals surface area contributed by atoms with Gasteiger partial charge in [-0.05, 0) is 18.6 Å². The molecule has 1 aliphatic rings. The smallest absolute Gasteiger partial charge is 0.485 e. The minimum atomic E-state index is -6.09. The Balaban J connectivity index is 0.000000333. The summed E-state index contributed by atoms with van der Waals surface area (Å²) in [4.78, 5) is 0. The minimum absolute atomic E-state index is 0.168. The molecule has 0 fully saturated rings. The third-order valence-electron chi connectivity index (χ3n) is 3.13. The lowest BCUT2D eigenvalue weighted by Crippen LogP contribution is -3.61. The van der Waals surface area contributed by atoms with Crippen molar-refractivity contribution >= 4 is 10.1 Å². The fraction of sp³-hybridized carbons (Fsp3) is 0.312. The molecule has 25 heavy (non-hydrogen) atoms. The van der Waals surface area contributed by atoms with E-state index in [4.69, 9.17) is 13.0 Å². The summed E-state index contributed by atoms with van der Waals surface area (Å²) in [6.45, 7) is 2.15. The van der Waals surface area contributed by atoms with E-state index in [1.165, 1.54) is 7.15 Å². The Bertz CT molecular complexity index is 781. The molecule has 0 saturated carbocycles. The molecular formula is C16H15F3INO3S. The molecule has 1 aliphatic carbocycles.